The van der Waals surface area contributed by atoms with Crippen molar-refractivity contribution in [3.8, 4) is 5.88 Å². The minimum atomic E-state index is -1.27. The van der Waals surface area contributed by atoms with E-state index in [1.54, 1.807) is 4.90 Å². The summed E-state index contributed by atoms with van der Waals surface area (Å²) in [6.07, 6.45) is 4.90. The quantitative estimate of drug-likeness (QED) is 0.460. The topological polar surface area (TPSA) is 45.7 Å². The van der Waals surface area contributed by atoms with Gasteiger partial charge >= 0.3 is 0 Å². The minimum Gasteiger partial charge on any atom is -0.478 e. The molecule has 1 aromatic carbocycles. The average Bonchev–Trinajstić information content (AvgIpc) is 3.36. The van der Waals surface area contributed by atoms with Crippen LogP contribution in [0.25, 0.3) is 0 Å². The number of likely N-dealkylation sites (tertiary alicyclic amines) is 1. The fraction of sp³-hybridized carbons (Fsp3) is 0.520. The lowest BCUT2D eigenvalue weighted by Gasteiger charge is -2.36. The van der Waals surface area contributed by atoms with Crippen molar-refractivity contribution in [3.63, 3.8) is 0 Å². The number of anilines is 1. The van der Waals surface area contributed by atoms with Crippen LogP contribution in [0.4, 0.5) is 14.6 Å². The second-order valence-corrected chi connectivity index (χ2v) is 9.31. The lowest BCUT2D eigenvalue weighted by Crippen LogP contribution is -2.44. The Bertz CT molecular complexity index is 960. The molecule has 1 amide bonds. The smallest absolute Gasteiger partial charge is 0.253 e. The number of rotatable bonds is 8. The number of unbranched alkanes of at least 4 members (excludes halogenated alkanes) is 1. The van der Waals surface area contributed by atoms with Crippen molar-refractivity contribution in [2.45, 2.75) is 50.6 Å². The number of benzene rings is 1. The first-order valence-corrected chi connectivity index (χ1v) is 12.1. The Morgan fingerprint density at radius 1 is 1.09 bits per heavy atom. The molecule has 1 aromatic heterocycles. The van der Waals surface area contributed by atoms with Gasteiger partial charge in [0, 0.05) is 37.8 Å². The number of pyridine rings is 1. The van der Waals surface area contributed by atoms with Crippen molar-refractivity contribution in [1.29, 1.82) is 0 Å². The molecule has 2 aliphatic rings. The number of ether oxygens (including phenoxy) is 1. The predicted molar refractivity (Wildman–Crippen MR) is 125 cm³/mol. The molecule has 3 heterocycles. The molecule has 0 saturated carbocycles. The fourth-order valence-corrected chi connectivity index (χ4v) is 4.68. The SMILES string of the molecule is O=C(c1ccc(F)c(Cl)c1)N1CCC(F)(CCCCOc2cccc(N3CCCC3)n2)CC1. The van der Waals surface area contributed by atoms with Crippen LogP contribution in [-0.2, 0) is 0 Å². The van der Waals surface area contributed by atoms with Crippen molar-refractivity contribution >= 4 is 23.3 Å². The summed E-state index contributed by atoms with van der Waals surface area (Å²) in [6.45, 7) is 3.26. The molecule has 2 aliphatic heterocycles. The Labute approximate surface area is 198 Å². The molecule has 0 atom stereocenters. The summed E-state index contributed by atoms with van der Waals surface area (Å²) in [4.78, 5) is 21.1. The lowest BCUT2D eigenvalue weighted by molar-refractivity contribution is 0.0382. The van der Waals surface area contributed by atoms with Crippen LogP contribution < -0.4 is 9.64 Å². The zero-order chi connectivity index (χ0) is 23.3. The van der Waals surface area contributed by atoms with Crippen LogP contribution in [0, 0.1) is 5.82 Å². The first-order valence-electron chi connectivity index (χ1n) is 11.7. The van der Waals surface area contributed by atoms with Crippen molar-refractivity contribution in [1.82, 2.24) is 9.88 Å². The number of aromatic nitrogens is 1. The summed E-state index contributed by atoms with van der Waals surface area (Å²) in [5, 5.41) is -0.0853. The van der Waals surface area contributed by atoms with Gasteiger partial charge in [0.1, 0.15) is 17.3 Å². The molecule has 0 aliphatic carbocycles. The van der Waals surface area contributed by atoms with Gasteiger partial charge in [0.15, 0.2) is 0 Å². The van der Waals surface area contributed by atoms with Gasteiger partial charge < -0.3 is 14.5 Å². The molecule has 2 saturated heterocycles. The summed E-state index contributed by atoms with van der Waals surface area (Å²) in [5.74, 6) is 0.767. The highest BCUT2D eigenvalue weighted by molar-refractivity contribution is 6.31. The number of nitrogens with zero attached hydrogens (tertiary/aromatic N) is 3. The molecule has 2 fully saturated rings. The zero-order valence-electron chi connectivity index (χ0n) is 18.7. The predicted octanol–water partition coefficient (Wildman–Crippen LogP) is 5.67. The van der Waals surface area contributed by atoms with Crippen molar-refractivity contribution in [3.05, 3.63) is 52.8 Å². The van der Waals surface area contributed by atoms with Crippen molar-refractivity contribution in [2.75, 3.05) is 37.7 Å². The van der Waals surface area contributed by atoms with Crippen LogP contribution in [0.5, 0.6) is 5.88 Å². The van der Waals surface area contributed by atoms with Gasteiger partial charge in [-0.2, -0.15) is 4.98 Å². The van der Waals surface area contributed by atoms with E-state index in [1.165, 1.54) is 31.0 Å². The highest BCUT2D eigenvalue weighted by atomic mass is 35.5. The largest absolute Gasteiger partial charge is 0.478 e. The molecule has 4 rings (SSSR count). The molecule has 178 valence electrons. The van der Waals surface area contributed by atoms with Gasteiger partial charge in [0.2, 0.25) is 5.88 Å². The van der Waals surface area contributed by atoms with E-state index in [1.807, 2.05) is 18.2 Å². The highest BCUT2D eigenvalue weighted by Crippen LogP contribution is 2.32. The molecule has 0 unspecified atom stereocenters. The number of carbonyl (C=O) groups is 1. The maximum Gasteiger partial charge on any atom is 0.253 e. The van der Waals surface area contributed by atoms with Crippen LogP contribution in [0.15, 0.2) is 36.4 Å². The molecule has 0 radical (unpaired) electrons. The van der Waals surface area contributed by atoms with Crippen molar-refractivity contribution < 1.29 is 18.3 Å². The Kier molecular flexibility index (Phi) is 7.68. The van der Waals surface area contributed by atoms with Gasteiger partial charge in [-0.05, 0) is 69.2 Å². The monoisotopic (exact) mass is 477 g/mol. The normalized spacial score (nSPS) is 17.9. The van der Waals surface area contributed by atoms with Gasteiger partial charge in [-0.1, -0.05) is 17.7 Å². The van der Waals surface area contributed by atoms with E-state index in [-0.39, 0.29) is 10.9 Å². The molecule has 0 spiro atoms. The Morgan fingerprint density at radius 2 is 1.85 bits per heavy atom. The van der Waals surface area contributed by atoms with E-state index in [0.29, 0.717) is 56.8 Å². The van der Waals surface area contributed by atoms with Crippen molar-refractivity contribution in [2.24, 2.45) is 0 Å². The molecule has 0 N–H and O–H groups in total. The zero-order valence-corrected chi connectivity index (χ0v) is 19.5. The number of carbonyl (C=O) groups excluding carboxylic acids is 1. The van der Waals surface area contributed by atoms with Crippen LogP contribution in [0.1, 0.15) is 55.3 Å². The van der Waals surface area contributed by atoms with E-state index in [2.05, 4.69) is 9.88 Å². The van der Waals surface area contributed by atoms with Gasteiger partial charge in [0.25, 0.3) is 5.91 Å². The molecule has 33 heavy (non-hydrogen) atoms. The maximum absolute atomic E-state index is 15.2. The Balaban J connectivity index is 1.17. The first-order chi connectivity index (χ1) is 15.9. The molecular formula is C25H30ClF2N3O2. The van der Waals surface area contributed by atoms with Crippen LogP contribution in [0.3, 0.4) is 0 Å². The van der Waals surface area contributed by atoms with Crippen LogP contribution >= 0.6 is 11.6 Å². The van der Waals surface area contributed by atoms with Crippen LogP contribution in [-0.4, -0.2) is 54.2 Å². The molecule has 0 bridgehead atoms. The summed E-state index contributed by atoms with van der Waals surface area (Å²) in [5.41, 5.74) is -0.946. The average molecular weight is 478 g/mol. The van der Waals surface area contributed by atoms with E-state index in [9.17, 15) is 9.18 Å². The van der Waals surface area contributed by atoms with Gasteiger partial charge in [-0.15, -0.1) is 0 Å². The summed E-state index contributed by atoms with van der Waals surface area (Å²) < 4.78 is 34.4. The second-order valence-electron chi connectivity index (χ2n) is 8.91. The Hall–Kier alpha value is -2.41. The third-order valence-electron chi connectivity index (χ3n) is 6.52. The third-order valence-corrected chi connectivity index (χ3v) is 6.81. The number of amides is 1. The highest BCUT2D eigenvalue weighted by Gasteiger charge is 2.35. The van der Waals surface area contributed by atoms with E-state index >= 15 is 4.39 Å². The molecule has 5 nitrogen and oxygen atoms in total. The minimum absolute atomic E-state index is 0.0853. The maximum atomic E-state index is 15.2. The number of alkyl halides is 1. The fourth-order valence-electron chi connectivity index (χ4n) is 4.50. The van der Waals surface area contributed by atoms with Gasteiger partial charge in [-0.3, -0.25) is 4.79 Å². The molecule has 8 heteroatoms. The molecular weight excluding hydrogens is 448 g/mol. The summed E-state index contributed by atoms with van der Waals surface area (Å²) >= 11 is 5.78. The number of hydrogen-bond donors (Lipinski definition) is 0. The lowest BCUT2D eigenvalue weighted by atomic mass is 9.88. The Morgan fingerprint density at radius 3 is 2.58 bits per heavy atom. The van der Waals surface area contributed by atoms with E-state index in [4.69, 9.17) is 16.3 Å². The van der Waals surface area contributed by atoms with Gasteiger partial charge in [-0.25, -0.2) is 8.78 Å². The standard InChI is InChI=1S/C25H30ClF2N3O2/c26-20-18-19(8-9-21(20)27)24(32)31-15-11-25(28,12-16-31)10-1-4-17-33-23-7-5-6-22(29-23)30-13-2-3-14-30/h5-9,18H,1-4,10-17H2. The number of piperidine rings is 1. The summed E-state index contributed by atoms with van der Waals surface area (Å²) in [6, 6.07) is 9.74. The number of hydrogen-bond acceptors (Lipinski definition) is 4. The third kappa shape index (κ3) is 6.14. The number of halogens is 3. The first kappa shape index (κ1) is 23.7. The summed E-state index contributed by atoms with van der Waals surface area (Å²) in [7, 11) is 0. The van der Waals surface area contributed by atoms with Crippen LogP contribution in [0.2, 0.25) is 5.02 Å². The van der Waals surface area contributed by atoms with E-state index in [0.717, 1.165) is 25.3 Å². The van der Waals surface area contributed by atoms with E-state index < -0.39 is 11.5 Å². The second kappa shape index (κ2) is 10.7. The molecule has 2 aromatic rings. The van der Waals surface area contributed by atoms with Gasteiger partial charge in [0.05, 0.1) is 11.6 Å².